The van der Waals surface area contributed by atoms with Gasteiger partial charge in [-0.15, -0.1) is 0 Å². The average molecular weight is 469 g/mol. The van der Waals surface area contributed by atoms with E-state index in [0.29, 0.717) is 36.1 Å². The van der Waals surface area contributed by atoms with Crippen LogP contribution >= 0.6 is 23.2 Å². The molecule has 0 saturated carbocycles. The van der Waals surface area contributed by atoms with Gasteiger partial charge in [-0.25, -0.2) is 4.39 Å². The average Bonchev–Trinajstić information content (AvgIpc) is 3.18. The number of benzene rings is 2. The summed E-state index contributed by atoms with van der Waals surface area (Å²) in [5.41, 5.74) is 2.61. The van der Waals surface area contributed by atoms with Crippen LogP contribution in [0.3, 0.4) is 0 Å². The second-order valence-corrected chi connectivity index (χ2v) is 8.77. The number of aliphatic hydroxyl groups excluding tert-OH is 1. The lowest BCUT2D eigenvalue weighted by Crippen LogP contribution is -2.39. The number of halogens is 3. The molecule has 5 nitrogen and oxygen atoms in total. The van der Waals surface area contributed by atoms with E-state index in [1.807, 2.05) is 19.9 Å². The molecule has 0 saturated heterocycles. The fourth-order valence-electron chi connectivity index (χ4n) is 3.37. The first-order valence-electron chi connectivity index (χ1n) is 10.2. The Balaban J connectivity index is 1.63. The predicted octanol–water partition coefficient (Wildman–Crippen LogP) is 4.91. The van der Waals surface area contributed by atoms with Crippen molar-refractivity contribution in [2.75, 3.05) is 19.7 Å². The molecule has 0 spiro atoms. The highest BCUT2D eigenvalue weighted by Gasteiger charge is 2.26. The first-order chi connectivity index (χ1) is 14.8. The zero-order valence-corrected chi connectivity index (χ0v) is 19.1. The van der Waals surface area contributed by atoms with Gasteiger partial charge in [-0.2, -0.15) is 0 Å². The molecule has 0 radical (unpaired) electrons. The first-order valence-corrected chi connectivity index (χ1v) is 11.0. The Labute approximate surface area is 192 Å². The van der Waals surface area contributed by atoms with Crippen LogP contribution in [0.25, 0.3) is 0 Å². The fraction of sp³-hybridized carbons (Fsp3) is 0.435. The zero-order valence-electron chi connectivity index (χ0n) is 17.6. The van der Waals surface area contributed by atoms with Gasteiger partial charge in [0.25, 0.3) is 0 Å². The number of nitrogens with zero attached hydrogens (tertiary/aromatic N) is 2. The van der Waals surface area contributed by atoms with Gasteiger partial charge in [0.1, 0.15) is 11.9 Å². The van der Waals surface area contributed by atoms with Crippen LogP contribution in [0.4, 0.5) is 4.39 Å². The molecule has 0 aromatic heterocycles. The lowest BCUT2D eigenvalue weighted by molar-refractivity contribution is -0.0194. The van der Waals surface area contributed by atoms with Gasteiger partial charge in [0.15, 0.2) is 0 Å². The predicted molar refractivity (Wildman–Crippen MR) is 121 cm³/mol. The zero-order chi connectivity index (χ0) is 22.4. The van der Waals surface area contributed by atoms with Gasteiger partial charge < -0.3 is 14.7 Å². The molecule has 0 aliphatic carbocycles. The van der Waals surface area contributed by atoms with Crippen molar-refractivity contribution in [2.45, 2.75) is 45.1 Å². The molecule has 2 aromatic rings. The number of aliphatic hydroxyl groups is 1. The van der Waals surface area contributed by atoms with Gasteiger partial charge in [-0.3, -0.25) is 4.90 Å². The highest BCUT2D eigenvalue weighted by atomic mass is 35.5. The van der Waals surface area contributed by atoms with E-state index in [4.69, 9.17) is 32.8 Å². The molecular weight excluding hydrogens is 442 g/mol. The summed E-state index contributed by atoms with van der Waals surface area (Å²) in [4.78, 5) is 7.72. The van der Waals surface area contributed by atoms with Crippen LogP contribution in [-0.4, -0.2) is 53.7 Å². The van der Waals surface area contributed by atoms with E-state index in [0.717, 1.165) is 16.8 Å². The summed E-state index contributed by atoms with van der Waals surface area (Å²) in [6.45, 7) is 5.58. The summed E-state index contributed by atoms with van der Waals surface area (Å²) in [6.07, 6.45) is -0.181. The van der Waals surface area contributed by atoms with E-state index < -0.39 is 6.10 Å². The number of hydrogen-bond acceptors (Lipinski definition) is 5. The quantitative estimate of drug-likeness (QED) is 0.537. The van der Waals surface area contributed by atoms with Crippen molar-refractivity contribution in [1.29, 1.82) is 0 Å². The molecule has 0 bridgehead atoms. The third-order valence-electron chi connectivity index (χ3n) is 4.86. The number of ether oxygens (including phenoxy) is 1. The lowest BCUT2D eigenvalue weighted by atomic mass is 10.0. The second kappa shape index (κ2) is 11.2. The smallest absolute Gasteiger partial charge is 0.145 e. The molecule has 1 aliphatic heterocycles. The van der Waals surface area contributed by atoms with E-state index in [1.54, 1.807) is 24.3 Å². The van der Waals surface area contributed by atoms with Crippen LogP contribution < -0.4 is 0 Å². The summed E-state index contributed by atoms with van der Waals surface area (Å²) < 4.78 is 18.8. The number of rotatable bonds is 10. The highest BCUT2D eigenvalue weighted by Crippen LogP contribution is 2.26. The molecule has 0 fully saturated rings. The minimum absolute atomic E-state index is 0.0422. The molecule has 1 N–H and O–H groups in total. The standard InChI is InChI=1S/C23H27Cl2FN2O3/c1-15(2)30-14-19(29)12-28(11-16-3-6-18(26)7-4-16)13-20-10-23(27-31-20)17-5-8-21(24)22(25)9-17/h3-9,15,19-20,29H,10-14H2,1-2H3/t19-,20-/m1/s1. The Hall–Kier alpha value is -1.70. The highest BCUT2D eigenvalue weighted by molar-refractivity contribution is 6.42. The van der Waals surface area contributed by atoms with Crippen LogP contribution in [0.1, 0.15) is 31.4 Å². The SMILES string of the molecule is CC(C)OC[C@H](O)CN(Cc1ccc(F)cc1)C[C@H]1CC(c2ccc(Cl)c(Cl)c2)=NO1. The third kappa shape index (κ3) is 7.44. The van der Waals surface area contributed by atoms with Crippen LogP contribution in [0.2, 0.25) is 10.0 Å². The molecule has 1 heterocycles. The number of hydrogen-bond donors (Lipinski definition) is 1. The van der Waals surface area contributed by atoms with Gasteiger partial charge in [-0.05, 0) is 43.7 Å². The molecule has 8 heteroatoms. The normalized spacial score (nSPS) is 17.2. The largest absolute Gasteiger partial charge is 0.390 e. The first kappa shape index (κ1) is 24.0. The Kier molecular flexibility index (Phi) is 8.69. The summed E-state index contributed by atoms with van der Waals surface area (Å²) in [5, 5.41) is 15.6. The van der Waals surface area contributed by atoms with Gasteiger partial charge in [0.2, 0.25) is 0 Å². The molecule has 0 amide bonds. The Morgan fingerprint density at radius 2 is 1.94 bits per heavy atom. The van der Waals surface area contributed by atoms with Gasteiger partial charge in [0, 0.05) is 31.6 Å². The summed E-state index contributed by atoms with van der Waals surface area (Å²) in [6, 6.07) is 11.7. The van der Waals surface area contributed by atoms with Crippen LogP contribution in [-0.2, 0) is 16.1 Å². The topological polar surface area (TPSA) is 54.3 Å². The van der Waals surface area contributed by atoms with Crippen LogP contribution in [0, 0.1) is 5.82 Å². The lowest BCUT2D eigenvalue weighted by Gasteiger charge is -2.27. The maximum atomic E-state index is 13.3. The molecule has 3 rings (SSSR count). The van der Waals surface area contributed by atoms with Gasteiger partial charge in [-0.1, -0.05) is 46.6 Å². The minimum atomic E-state index is -0.653. The molecule has 31 heavy (non-hydrogen) atoms. The Morgan fingerprint density at radius 1 is 1.19 bits per heavy atom. The van der Waals surface area contributed by atoms with Gasteiger partial charge >= 0.3 is 0 Å². The van der Waals surface area contributed by atoms with E-state index in [9.17, 15) is 9.50 Å². The monoisotopic (exact) mass is 468 g/mol. The van der Waals surface area contributed by atoms with Crippen molar-refractivity contribution in [3.05, 3.63) is 69.5 Å². The second-order valence-electron chi connectivity index (χ2n) is 7.95. The third-order valence-corrected chi connectivity index (χ3v) is 5.60. The molecule has 2 aromatic carbocycles. The van der Waals surface area contributed by atoms with Crippen LogP contribution in [0.5, 0.6) is 0 Å². The fourth-order valence-corrected chi connectivity index (χ4v) is 3.66. The van der Waals surface area contributed by atoms with Crippen molar-refractivity contribution in [1.82, 2.24) is 4.90 Å². The van der Waals surface area contributed by atoms with Crippen molar-refractivity contribution in [3.63, 3.8) is 0 Å². The molecular formula is C23H27Cl2FN2O3. The summed E-state index contributed by atoms with van der Waals surface area (Å²) in [5.74, 6) is -0.278. The van der Waals surface area contributed by atoms with Crippen molar-refractivity contribution in [2.24, 2.45) is 5.16 Å². The maximum absolute atomic E-state index is 13.3. The number of oxime groups is 1. The van der Waals surface area contributed by atoms with Crippen molar-refractivity contribution in [3.8, 4) is 0 Å². The summed E-state index contributed by atoms with van der Waals surface area (Å²) >= 11 is 12.1. The van der Waals surface area contributed by atoms with E-state index in [2.05, 4.69) is 10.1 Å². The molecule has 1 aliphatic rings. The molecule has 168 valence electrons. The van der Waals surface area contributed by atoms with E-state index in [1.165, 1.54) is 12.1 Å². The van der Waals surface area contributed by atoms with Crippen LogP contribution in [0.15, 0.2) is 47.6 Å². The Morgan fingerprint density at radius 3 is 2.61 bits per heavy atom. The Bertz CT molecular complexity index is 893. The minimum Gasteiger partial charge on any atom is -0.390 e. The maximum Gasteiger partial charge on any atom is 0.145 e. The summed E-state index contributed by atoms with van der Waals surface area (Å²) in [7, 11) is 0. The van der Waals surface area contributed by atoms with E-state index >= 15 is 0 Å². The van der Waals surface area contributed by atoms with Crippen molar-refractivity contribution >= 4 is 28.9 Å². The molecule has 0 unspecified atom stereocenters. The molecule has 2 atom stereocenters. The van der Waals surface area contributed by atoms with E-state index in [-0.39, 0.29) is 24.6 Å². The van der Waals surface area contributed by atoms with Crippen molar-refractivity contribution < 1.29 is 19.1 Å². The van der Waals surface area contributed by atoms with Gasteiger partial charge in [0.05, 0.1) is 34.6 Å².